The van der Waals surface area contributed by atoms with E-state index in [0.717, 1.165) is 9.75 Å². The molecular weight excluding hydrogens is 484 g/mol. The SMILES string of the molecule is Cl.NCCOCC(C(OCc1cccs1)OCc1cccs1)N1C(=O)c2ccccc2C1=O. The molecule has 3 aromatic rings. The molecule has 1 unspecified atom stereocenters. The van der Waals surface area contributed by atoms with Crippen molar-refractivity contribution in [1.82, 2.24) is 4.90 Å². The van der Waals surface area contributed by atoms with Gasteiger partial charge in [-0.05, 0) is 35.0 Å². The summed E-state index contributed by atoms with van der Waals surface area (Å²) < 4.78 is 17.9. The molecule has 1 aliphatic rings. The number of imide groups is 1. The summed E-state index contributed by atoms with van der Waals surface area (Å²) in [5.41, 5.74) is 6.32. The van der Waals surface area contributed by atoms with E-state index in [1.54, 1.807) is 46.9 Å². The van der Waals surface area contributed by atoms with Crippen LogP contribution < -0.4 is 5.73 Å². The molecule has 0 spiro atoms. The van der Waals surface area contributed by atoms with Gasteiger partial charge in [-0.3, -0.25) is 14.5 Å². The van der Waals surface area contributed by atoms with Crippen LogP contribution in [0, 0.1) is 0 Å². The molecule has 2 N–H and O–H groups in total. The van der Waals surface area contributed by atoms with Crippen LogP contribution in [0.3, 0.4) is 0 Å². The molecule has 33 heavy (non-hydrogen) atoms. The largest absolute Gasteiger partial charge is 0.378 e. The van der Waals surface area contributed by atoms with Crippen molar-refractivity contribution in [3.63, 3.8) is 0 Å². The highest BCUT2D eigenvalue weighted by Gasteiger charge is 2.43. The number of carbonyl (C=O) groups excluding carboxylic acids is 2. The Morgan fingerprint density at radius 3 is 1.85 bits per heavy atom. The van der Waals surface area contributed by atoms with Gasteiger partial charge in [0.1, 0.15) is 6.04 Å². The quantitative estimate of drug-likeness (QED) is 0.226. The predicted molar refractivity (Wildman–Crippen MR) is 130 cm³/mol. The van der Waals surface area contributed by atoms with Gasteiger partial charge in [-0.15, -0.1) is 35.1 Å². The Kier molecular flexibility index (Phi) is 9.57. The molecule has 176 valence electrons. The first-order valence-electron chi connectivity index (χ1n) is 10.2. The molecule has 3 heterocycles. The fourth-order valence-electron chi connectivity index (χ4n) is 3.46. The van der Waals surface area contributed by atoms with Crippen LogP contribution in [0.2, 0.25) is 0 Å². The van der Waals surface area contributed by atoms with Gasteiger partial charge in [0, 0.05) is 16.3 Å². The number of halogens is 1. The zero-order valence-electron chi connectivity index (χ0n) is 17.8. The van der Waals surface area contributed by atoms with E-state index in [4.69, 9.17) is 19.9 Å². The van der Waals surface area contributed by atoms with E-state index in [9.17, 15) is 9.59 Å². The molecule has 4 rings (SSSR count). The van der Waals surface area contributed by atoms with E-state index in [0.29, 0.717) is 37.5 Å². The molecule has 7 nitrogen and oxygen atoms in total. The number of ether oxygens (including phenoxy) is 3. The summed E-state index contributed by atoms with van der Waals surface area (Å²) in [6.45, 7) is 1.27. The zero-order chi connectivity index (χ0) is 22.3. The van der Waals surface area contributed by atoms with Crippen molar-refractivity contribution in [2.75, 3.05) is 19.8 Å². The third-order valence-corrected chi connectivity index (χ3v) is 6.66. The van der Waals surface area contributed by atoms with Gasteiger partial charge in [-0.2, -0.15) is 0 Å². The highest BCUT2D eigenvalue weighted by molar-refractivity contribution is 7.10. The molecule has 0 bridgehead atoms. The normalized spacial score (nSPS) is 13.9. The van der Waals surface area contributed by atoms with Crippen molar-refractivity contribution < 1.29 is 23.8 Å². The number of amides is 2. The minimum atomic E-state index is -0.876. The molecule has 2 aromatic heterocycles. The summed E-state index contributed by atoms with van der Waals surface area (Å²) in [5, 5.41) is 3.93. The summed E-state index contributed by atoms with van der Waals surface area (Å²) >= 11 is 3.13. The third kappa shape index (κ3) is 6.07. The molecule has 1 atom stereocenters. The Balaban J connectivity index is 0.00000306. The minimum absolute atomic E-state index is 0. The number of thiophene rings is 2. The number of hydrogen-bond acceptors (Lipinski definition) is 8. The van der Waals surface area contributed by atoms with Crippen LogP contribution in [0.15, 0.2) is 59.3 Å². The van der Waals surface area contributed by atoms with E-state index >= 15 is 0 Å². The average Bonchev–Trinajstić information content (AvgIpc) is 3.56. The minimum Gasteiger partial charge on any atom is -0.378 e. The topological polar surface area (TPSA) is 91.1 Å². The number of hydrogen-bond donors (Lipinski definition) is 1. The van der Waals surface area contributed by atoms with Crippen molar-refractivity contribution in [1.29, 1.82) is 0 Å². The van der Waals surface area contributed by atoms with E-state index in [2.05, 4.69) is 0 Å². The molecule has 1 aromatic carbocycles. The second-order valence-corrected chi connectivity index (χ2v) is 9.17. The lowest BCUT2D eigenvalue weighted by molar-refractivity contribution is -0.190. The third-order valence-electron chi connectivity index (χ3n) is 4.96. The molecule has 10 heteroatoms. The van der Waals surface area contributed by atoms with Crippen LogP contribution in [-0.2, 0) is 27.4 Å². The Bertz CT molecular complexity index is 956. The molecule has 0 fully saturated rings. The van der Waals surface area contributed by atoms with Crippen LogP contribution in [0.5, 0.6) is 0 Å². The van der Waals surface area contributed by atoms with Gasteiger partial charge in [0.25, 0.3) is 11.8 Å². The van der Waals surface area contributed by atoms with Crippen LogP contribution in [0.4, 0.5) is 0 Å². The smallest absolute Gasteiger partial charge is 0.262 e. The number of benzene rings is 1. The highest BCUT2D eigenvalue weighted by Crippen LogP contribution is 2.28. The van der Waals surface area contributed by atoms with Gasteiger partial charge in [0.15, 0.2) is 6.29 Å². The second kappa shape index (κ2) is 12.4. The Morgan fingerprint density at radius 1 is 0.848 bits per heavy atom. The first kappa shape index (κ1) is 25.5. The number of nitrogens with zero attached hydrogens (tertiary/aromatic N) is 1. The molecule has 0 aliphatic carbocycles. The molecule has 0 saturated carbocycles. The summed E-state index contributed by atoms with van der Waals surface area (Å²) in [4.78, 5) is 29.6. The number of rotatable bonds is 12. The summed E-state index contributed by atoms with van der Waals surface area (Å²) in [6, 6.07) is 13.8. The fraction of sp³-hybridized carbons (Fsp3) is 0.304. The Hall–Kier alpha value is -2.11. The van der Waals surface area contributed by atoms with Crippen molar-refractivity contribution in [2.24, 2.45) is 5.73 Å². The fourth-order valence-corrected chi connectivity index (χ4v) is 4.71. The van der Waals surface area contributed by atoms with E-state index in [1.807, 2.05) is 35.0 Å². The first-order valence-corrected chi connectivity index (χ1v) is 12.0. The molecule has 0 radical (unpaired) electrons. The molecule has 1 aliphatic heterocycles. The Morgan fingerprint density at radius 2 is 1.39 bits per heavy atom. The lowest BCUT2D eigenvalue weighted by Gasteiger charge is -2.32. The van der Waals surface area contributed by atoms with E-state index in [1.165, 1.54) is 4.90 Å². The van der Waals surface area contributed by atoms with Gasteiger partial charge < -0.3 is 19.9 Å². The van der Waals surface area contributed by atoms with E-state index < -0.39 is 12.3 Å². The molecule has 0 saturated heterocycles. The summed E-state index contributed by atoms with van der Waals surface area (Å²) in [5.74, 6) is -0.757. The van der Waals surface area contributed by atoms with Gasteiger partial charge in [0.2, 0.25) is 0 Å². The van der Waals surface area contributed by atoms with Gasteiger partial charge in [-0.25, -0.2) is 0 Å². The summed E-state index contributed by atoms with van der Waals surface area (Å²) in [6.07, 6.45) is -0.876. The van der Waals surface area contributed by atoms with Gasteiger partial charge in [0.05, 0.1) is 37.6 Å². The van der Waals surface area contributed by atoms with Crippen molar-refractivity contribution >= 4 is 46.9 Å². The standard InChI is InChI=1S/C23H24N2O5S2.ClH/c24-9-10-28-15-20(25-21(26)18-7-1-2-8-19(18)22(25)27)23(29-13-16-5-3-11-31-16)30-14-17-6-4-12-32-17;/h1-8,11-12,20,23H,9-10,13-15,24H2;1H. The summed E-state index contributed by atoms with van der Waals surface area (Å²) in [7, 11) is 0. The van der Waals surface area contributed by atoms with Crippen molar-refractivity contribution in [3.8, 4) is 0 Å². The van der Waals surface area contributed by atoms with E-state index in [-0.39, 0.29) is 30.8 Å². The van der Waals surface area contributed by atoms with Gasteiger partial charge in [-0.1, -0.05) is 24.3 Å². The van der Waals surface area contributed by atoms with Gasteiger partial charge >= 0.3 is 0 Å². The highest BCUT2D eigenvalue weighted by atomic mass is 35.5. The monoisotopic (exact) mass is 508 g/mol. The maximum Gasteiger partial charge on any atom is 0.262 e. The zero-order valence-corrected chi connectivity index (χ0v) is 20.2. The molecular formula is C23H25ClN2O5S2. The van der Waals surface area contributed by atoms with Crippen molar-refractivity contribution in [2.45, 2.75) is 25.5 Å². The lowest BCUT2D eigenvalue weighted by atomic mass is 10.1. The maximum absolute atomic E-state index is 13.2. The molecule has 2 amide bonds. The maximum atomic E-state index is 13.2. The van der Waals surface area contributed by atoms with Crippen LogP contribution in [0.25, 0.3) is 0 Å². The number of fused-ring (bicyclic) bond motifs is 1. The second-order valence-electron chi connectivity index (χ2n) is 7.11. The lowest BCUT2D eigenvalue weighted by Crippen LogP contribution is -2.51. The Labute approximate surface area is 206 Å². The van der Waals surface area contributed by atoms with Crippen LogP contribution >= 0.6 is 35.1 Å². The van der Waals surface area contributed by atoms with Crippen LogP contribution in [-0.4, -0.2) is 48.8 Å². The predicted octanol–water partition coefficient (Wildman–Crippen LogP) is 3.93. The van der Waals surface area contributed by atoms with Crippen molar-refractivity contribution in [3.05, 3.63) is 80.2 Å². The van der Waals surface area contributed by atoms with Crippen LogP contribution in [0.1, 0.15) is 30.5 Å². The first-order chi connectivity index (χ1) is 15.7. The average molecular weight is 509 g/mol. The number of carbonyl (C=O) groups is 2. The number of nitrogens with two attached hydrogens (primary N) is 1.